The van der Waals surface area contributed by atoms with Crippen molar-refractivity contribution in [1.82, 2.24) is 0 Å². The summed E-state index contributed by atoms with van der Waals surface area (Å²) < 4.78 is 29.6. The lowest BCUT2D eigenvalue weighted by atomic mass is 10.1. The molecule has 0 amide bonds. The Bertz CT molecular complexity index is 496. The molecule has 2 N–H and O–H groups in total. The van der Waals surface area contributed by atoms with Crippen molar-refractivity contribution in [2.45, 2.75) is 25.7 Å². The van der Waals surface area contributed by atoms with Crippen molar-refractivity contribution in [2.24, 2.45) is 0 Å². The van der Waals surface area contributed by atoms with Gasteiger partial charge in [0.15, 0.2) is 0 Å². The Kier molecular flexibility index (Phi) is 3.69. The van der Waals surface area contributed by atoms with Crippen LogP contribution < -0.4 is 5.32 Å². The van der Waals surface area contributed by atoms with Gasteiger partial charge in [-0.25, -0.2) is 0 Å². The first kappa shape index (κ1) is 12.4. The first-order chi connectivity index (χ1) is 8.04. The van der Waals surface area contributed by atoms with Crippen molar-refractivity contribution >= 4 is 15.8 Å². The van der Waals surface area contributed by atoms with Crippen LogP contribution in [-0.2, 0) is 23.0 Å². The SMILES string of the molecule is O=S(=O)(O)CCCNc1ccc2c(c1)CCC2. The van der Waals surface area contributed by atoms with Gasteiger partial charge in [0.2, 0.25) is 0 Å². The zero-order valence-electron chi connectivity index (χ0n) is 9.65. The summed E-state index contributed by atoms with van der Waals surface area (Å²) in [5.41, 5.74) is 3.85. The van der Waals surface area contributed by atoms with Crippen molar-refractivity contribution in [2.75, 3.05) is 17.6 Å². The Morgan fingerprint density at radius 3 is 2.76 bits per heavy atom. The minimum atomic E-state index is -3.83. The van der Waals surface area contributed by atoms with E-state index < -0.39 is 10.1 Å². The fraction of sp³-hybridized carbons (Fsp3) is 0.500. The van der Waals surface area contributed by atoms with E-state index in [2.05, 4.69) is 17.4 Å². The minimum Gasteiger partial charge on any atom is -0.385 e. The molecule has 1 aliphatic carbocycles. The largest absolute Gasteiger partial charge is 0.385 e. The zero-order valence-corrected chi connectivity index (χ0v) is 10.5. The average Bonchev–Trinajstić information content (AvgIpc) is 2.70. The molecule has 0 heterocycles. The number of aryl methyl sites for hydroxylation is 2. The van der Waals surface area contributed by atoms with Crippen LogP contribution in [0.2, 0.25) is 0 Å². The van der Waals surface area contributed by atoms with Gasteiger partial charge in [0.25, 0.3) is 10.1 Å². The maximum atomic E-state index is 10.5. The van der Waals surface area contributed by atoms with Crippen molar-refractivity contribution in [3.63, 3.8) is 0 Å². The van der Waals surface area contributed by atoms with Gasteiger partial charge in [-0.3, -0.25) is 4.55 Å². The van der Waals surface area contributed by atoms with Gasteiger partial charge in [-0.05, 0) is 48.9 Å². The van der Waals surface area contributed by atoms with E-state index in [0.717, 1.165) is 12.1 Å². The molecule has 0 aliphatic heterocycles. The lowest BCUT2D eigenvalue weighted by Crippen LogP contribution is -2.10. The number of nitrogens with one attached hydrogen (secondary N) is 1. The summed E-state index contributed by atoms with van der Waals surface area (Å²) in [6.45, 7) is 0.554. The van der Waals surface area contributed by atoms with E-state index in [1.54, 1.807) is 0 Å². The Labute approximate surface area is 102 Å². The van der Waals surface area contributed by atoms with Gasteiger partial charge in [-0.15, -0.1) is 0 Å². The fourth-order valence-corrected chi connectivity index (χ4v) is 2.68. The number of fused-ring (bicyclic) bond motifs is 1. The van der Waals surface area contributed by atoms with Crippen LogP contribution in [0.5, 0.6) is 0 Å². The summed E-state index contributed by atoms with van der Waals surface area (Å²) in [7, 11) is -3.83. The van der Waals surface area contributed by atoms with Crippen molar-refractivity contribution < 1.29 is 13.0 Å². The van der Waals surface area contributed by atoms with E-state index in [0.29, 0.717) is 13.0 Å². The predicted octanol–water partition coefficient (Wildman–Crippen LogP) is 1.87. The van der Waals surface area contributed by atoms with Gasteiger partial charge in [-0.1, -0.05) is 6.07 Å². The third-order valence-corrected chi connectivity index (χ3v) is 3.81. The number of benzene rings is 1. The summed E-state index contributed by atoms with van der Waals surface area (Å²) in [6, 6.07) is 6.29. The topological polar surface area (TPSA) is 66.4 Å². The van der Waals surface area contributed by atoms with Crippen LogP contribution in [-0.4, -0.2) is 25.3 Å². The smallest absolute Gasteiger partial charge is 0.264 e. The molecule has 17 heavy (non-hydrogen) atoms. The van der Waals surface area contributed by atoms with Gasteiger partial charge in [-0.2, -0.15) is 8.42 Å². The predicted molar refractivity (Wildman–Crippen MR) is 68.0 cm³/mol. The fourth-order valence-electron chi connectivity index (χ4n) is 2.17. The van der Waals surface area contributed by atoms with Crippen LogP contribution in [0.15, 0.2) is 18.2 Å². The lowest BCUT2D eigenvalue weighted by Gasteiger charge is -2.07. The molecule has 5 heteroatoms. The van der Waals surface area contributed by atoms with Crippen LogP contribution in [0.25, 0.3) is 0 Å². The molecule has 0 spiro atoms. The van der Waals surface area contributed by atoms with Crippen molar-refractivity contribution in [1.29, 1.82) is 0 Å². The Morgan fingerprint density at radius 1 is 1.24 bits per heavy atom. The molecule has 0 saturated heterocycles. The molecule has 2 rings (SSSR count). The van der Waals surface area contributed by atoms with E-state index in [-0.39, 0.29) is 5.75 Å². The highest BCUT2D eigenvalue weighted by Gasteiger charge is 2.10. The standard InChI is InChI=1S/C12H17NO3S/c14-17(15,16)8-2-7-13-12-6-5-10-3-1-4-11(10)9-12/h5-6,9,13H,1-4,7-8H2,(H,14,15,16). The summed E-state index contributed by atoms with van der Waals surface area (Å²) in [4.78, 5) is 0. The second-order valence-corrected chi connectivity index (χ2v) is 5.98. The molecular weight excluding hydrogens is 238 g/mol. The molecule has 94 valence electrons. The maximum absolute atomic E-state index is 10.5. The molecule has 1 aromatic rings. The van der Waals surface area contributed by atoms with Gasteiger partial charge in [0.1, 0.15) is 0 Å². The van der Waals surface area contributed by atoms with Gasteiger partial charge in [0.05, 0.1) is 5.75 Å². The van der Waals surface area contributed by atoms with E-state index in [9.17, 15) is 8.42 Å². The third-order valence-electron chi connectivity index (χ3n) is 3.01. The second kappa shape index (κ2) is 5.06. The van der Waals surface area contributed by atoms with Crippen LogP contribution in [0, 0.1) is 0 Å². The van der Waals surface area contributed by atoms with Crippen LogP contribution in [0.3, 0.4) is 0 Å². The van der Waals surface area contributed by atoms with Gasteiger partial charge >= 0.3 is 0 Å². The monoisotopic (exact) mass is 255 g/mol. The number of hydrogen-bond acceptors (Lipinski definition) is 3. The molecule has 0 fully saturated rings. The molecule has 0 radical (unpaired) electrons. The summed E-state index contributed by atoms with van der Waals surface area (Å²) in [6.07, 6.45) is 3.94. The number of rotatable bonds is 5. The van der Waals surface area contributed by atoms with Crippen LogP contribution in [0.1, 0.15) is 24.0 Å². The Morgan fingerprint density at radius 2 is 2.00 bits per heavy atom. The Balaban J connectivity index is 1.84. The van der Waals surface area contributed by atoms with E-state index >= 15 is 0 Å². The second-order valence-electron chi connectivity index (χ2n) is 4.40. The highest BCUT2D eigenvalue weighted by molar-refractivity contribution is 7.85. The molecular formula is C12H17NO3S. The molecule has 0 atom stereocenters. The van der Waals surface area contributed by atoms with Crippen LogP contribution >= 0.6 is 0 Å². The van der Waals surface area contributed by atoms with Gasteiger partial charge in [0, 0.05) is 12.2 Å². The zero-order chi connectivity index (χ0) is 12.3. The average molecular weight is 255 g/mol. The summed E-state index contributed by atoms with van der Waals surface area (Å²) in [5.74, 6) is -0.190. The molecule has 0 bridgehead atoms. The highest BCUT2D eigenvalue weighted by Crippen LogP contribution is 2.24. The van der Waals surface area contributed by atoms with Gasteiger partial charge < -0.3 is 5.32 Å². The Hall–Kier alpha value is -1.07. The lowest BCUT2D eigenvalue weighted by molar-refractivity contribution is 0.481. The molecule has 4 nitrogen and oxygen atoms in total. The maximum Gasteiger partial charge on any atom is 0.264 e. The first-order valence-electron chi connectivity index (χ1n) is 5.85. The normalized spacial score (nSPS) is 14.6. The summed E-state index contributed by atoms with van der Waals surface area (Å²) in [5, 5.41) is 3.17. The van der Waals surface area contributed by atoms with E-state index in [1.165, 1.54) is 24.0 Å². The third kappa shape index (κ3) is 3.71. The number of anilines is 1. The number of hydrogen-bond donors (Lipinski definition) is 2. The molecule has 0 unspecified atom stereocenters. The van der Waals surface area contributed by atoms with E-state index in [1.807, 2.05) is 6.07 Å². The van der Waals surface area contributed by atoms with E-state index in [4.69, 9.17) is 4.55 Å². The molecule has 1 aliphatic rings. The highest BCUT2D eigenvalue weighted by atomic mass is 32.2. The molecule has 1 aromatic carbocycles. The van der Waals surface area contributed by atoms with Crippen molar-refractivity contribution in [3.8, 4) is 0 Å². The first-order valence-corrected chi connectivity index (χ1v) is 7.46. The molecule has 0 saturated carbocycles. The van der Waals surface area contributed by atoms with Crippen LogP contribution in [0.4, 0.5) is 5.69 Å². The quantitative estimate of drug-likeness (QED) is 0.622. The molecule has 0 aromatic heterocycles. The van der Waals surface area contributed by atoms with Crippen molar-refractivity contribution in [3.05, 3.63) is 29.3 Å². The summed E-state index contributed by atoms with van der Waals surface area (Å²) >= 11 is 0. The minimum absolute atomic E-state index is 0.190.